The van der Waals surface area contributed by atoms with Gasteiger partial charge >= 0.3 is 0 Å². The summed E-state index contributed by atoms with van der Waals surface area (Å²) in [4.78, 5) is 16.0. The van der Waals surface area contributed by atoms with Gasteiger partial charge in [0.1, 0.15) is 0 Å². The zero-order valence-corrected chi connectivity index (χ0v) is 12.8. The fraction of sp³-hybridized carbons (Fsp3) is 0.353. The minimum absolute atomic E-state index is 0.0105. The molecular weight excluding hydrogens is 280 g/mol. The predicted octanol–water partition coefficient (Wildman–Crippen LogP) is 3.32. The van der Waals surface area contributed by atoms with E-state index in [4.69, 9.17) is 0 Å². The first kappa shape index (κ1) is 14.3. The fourth-order valence-corrected chi connectivity index (χ4v) is 3.69. The Morgan fingerprint density at radius 3 is 2.57 bits per heavy atom. The first-order valence-corrected chi connectivity index (χ1v) is 8.33. The topological polar surface area (TPSA) is 32.3 Å². The standard InChI is InChI=1S/C17H20N2OS/c20-17(14-7-2-1-3-8-14)18-13-15(16-9-6-12-21-16)19-10-4-5-11-19/h1-3,6-9,12,15H,4-5,10-11,13H2,(H,18,20)/t15-/m1/s1. The minimum atomic E-state index is 0.0105. The van der Waals surface area contributed by atoms with Gasteiger partial charge in [-0.15, -0.1) is 11.3 Å². The molecule has 1 aromatic carbocycles. The van der Waals surface area contributed by atoms with Gasteiger partial charge < -0.3 is 5.32 Å². The Morgan fingerprint density at radius 2 is 1.90 bits per heavy atom. The number of carbonyl (C=O) groups is 1. The summed E-state index contributed by atoms with van der Waals surface area (Å²) in [5.41, 5.74) is 0.726. The highest BCUT2D eigenvalue weighted by atomic mass is 32.1. The highest BCUT2D eigenvalue weighted by Gasteiger charge is 2.24. The minimum Gasteiger partial charge on any atom is -0.350 e. The summed E-state index contributed by atoms with van der Waals surface area (Å²) in [5, 5.41) is 5.20. The van der Waals surface area contributed by atoms with Gasteiger partial charge in [0.15, 0.2) is 0 Å². The number of rotatable bonds is 5. The van der Waals surface area contributed by atoms with E-state index in [1.54, 1.807) is 11.3 Å². The van der Waals surface area contributed by atoms with Gasteiger partial charge in [-0.1, -0.05) is 24.3 Å². The molecule has 2 heterocycles. The van der Waals surface area contributed by atoms with E-state index >= 15 is 0 Å². The Labute approximate surface area is 129 Å². The smallest absolute Gasteiger partial charge is 0.251 e. The van der Waals surface area contributed by atoms with E-state index in [0.29, 0.717) is 12.6 Å². The molecule has 0 aliphatic carbocycles. The molecule has 1 amide bonds. The Balaban J connectivity index is 1.66. The van der Waals surface area contributed by atoms with Gasteiger partial charge in [-0.3, -0.25) is 9.69 Å². The molecule has 1 aromatic heterocycles. The second kappa shape index (κ2) is 6.87. The number of likely N-dealkylation sites (tertiary alicyclic amines) is 1. The second-order valence-electron chi connectivity index (χ2n) is 5.35. The van der Waals surface area contributed by atoms with E-state index < -0.39 is 0 Å². The molecule has 2 aromatic rings. The lowest BCUT2D eigenvalue weighted by molar-refractivity contribution is 0.0938. The number of hydrogen-bond donors (Lipinski definition) is 1. The lowest BCUT2D eigenvalue weighted by Crippen LogP contribution is -2.36. The molecule has 0 unspecified atom stereocenters. The van der Waals surface area contributed by atoms with Crippen LogP contribution >= 0.6 is 11.3 Å². The molecule has 1 N–H and O–H groups in total. The Hall–Kier alpha value is -1.65. The monoisotopic (exact) mass is 300 g/mol. The van der Waals surface area contributed by atoms with Gasteiger partial charge in [-0.05, 0) is 49.5 Å². The van der Waals surface area contributed by atoms with Crippen LogP contribution in [0.25, 0.3) is 0 Å². The molecule has 0 bridgehead atoms. The normalized spacial score (nSPS) is 16.8. The maximum absolute atomic E-state index is 12.2. The second-order valence-corrected chi connectivity index (χ2v) is 6.33. The van der Waals surface area contributed by atoms with Crippen molar-refractivity contribution >= 4 is 17.2 Å². The summed E-state index contributed by atoms with van der Waals surface area (Å²) in [6.45, 7) is 2.93. The molecule has 21 heavy (non-hydrogen) atoms. The van der Waals surface area contributed by atoms with Crippen LogP contribution in [0.4, 0.5) is 0 Å². The number of benzene rings is 1. The number of nitrogens with zero attached hydrogens (tertiary/aromatic N) is 1. The van der Waals surface area contributed by atoms with Crippen LogP contribution in [0.2, 0.25) is 0 Å². The van der Waals surface area contributed by atoms with Crippen molar-refractivity contribution in [2.24, 2.45) is 0 Å². The van der Waals surface area contributed by atoms with E-state index in [1.165, 1.54) is 17.7 Å². The summed E-state index contributed by atoms with van der Waals surface area (Å²) in [5.74, 6) is 0.0105. The Bertz CT molecular complexity index is 562. The van der Waals surface area contributed by atoms with E-state index in [9.17, 15) is 4.79 Å². The molecule has 1 saturated heterocycles. The van der Waals surface area contributed by atoms with Crippen LogP contribution in [0.1, 0.15) is 34.1 Å². The van der Waals surface area contributed by atoms with Gasteiger partial charge in [0.2, 0.25) is 0 Å². The molecule has 1 atom stereocenters. The average Bonchev–Trinajstić information content (AvgIpc) is 3.22. The summed E-state index contributed by atoms with van der Waals surface area (Å²) >= 11 is 1.77. The molecule has 0 saturated carbocycles. The third-order valence-corrected chi connectivity index (χ3v) is 4.92. The third-order valence-electron chi connectivity index (χ3n) is 3.94. The molecule has 1 aliphatic rings. The Morgan fingerprint density at radius 1 is 1.14 bits per heavy atom. The molecular formula is C17H20N2OS. The van der Waals surface area contributed by atoms with Crippen molar-refractivity contribution in [1.82, 2.24) is 10.2 Å². The van der Waals surface area contributed by atoms with E-state index in [0.717, 1.165) is 18.7 Å². The first-order valence-electron chi connectivity index (χ1n) is 7.45. The highest BCUT2D eigenvalue weighted by molar-refractivity contribution is 7.10. The van der Waals surface area contributed by atoms with Crippen molar-refractivity contribution in [2.45, 2.75) is 18.9 Å². The van der Waals surface area contributed by atoms with Gasteiger partial charge in [0.25, 0.3) is 5.91 Å². The van der Waals surface area contributed by atoms with Gasteiger partial charge in [0.05, 0.1) is 6.04 Å². The molecule has 0 spiro atoms. The van der Waals surface area contributed by atoms with Crippen molar-refractivity contribution in [3.8, 4) is 0 Å². The SMILES string of the molecule is O=C(NC[C@H](c1cccs1)N1CCCC1)c1ccccc1. The number of carbonyl (C=O) groups excluding carboxylic acids is 1. The lowest BCUT2D eigenvalue weighted by Gasteiger charge is -2.26. The van der Waals surface area contributed by atoms with Crippen molar-refractivity contribution in [3.63, 3.8) is 0 Å². The lowest BCUT2D eigenvalue weighted by atomic mass is 10.2. The number of amides is 1. The summed E-state index contributed by atoms with van der Waals surface area (Å²) in [6, 6.07) is 14.0. The summed E-state index contributed by atoms with van der Waals surface area (Å²) in [6.07, 6.45) is 2.52. The quantitative estimate of drug-likeness (QED) is 0.919. The Kier molecular flexibility index (Phi) is 4.68. The third kappa shape index (κ3) is 3.52. The van der Waals surface area contributed by atoms with Crippen LogP contribution in [-0.4, -0.2) is 30.4 Å². The first-order chi connectivity index (χ1) is 10.3. The van der Waals surface area contributed by atoms with Crippen LogP contribution in [-0.2, 0) is 0 Å². The molecule has 3 rings (SSSR count). The number of hydrogen-bond acceptors (Lipinski definition) is 3. The fourth-order valence-electron chi connectivity index (χ4n) is 2.82. The van der Waals surface area contributed by atoms with E-state index in [1.807, 2.05) is 30.3 Å². The average molecular weight is 300 g/mol. The molecule has 1 fully saturated rings. The van der Waals surface area contributed by atoms with Gasteiger partial charge in [0, 0.05) is 17.0 Å². The van der Waals surface area contributed by atoms with Crippen molar-refractivity contribution in [1.29, 1.82) is 0 Å². The zero-order valence-electron chi connectivity index (χ0n) is 12.0. The van der Waals surface area contributed by atoms with Crippen LogP contribution in [0, 0.1) is 0 Å². The highest BCUT2D eigenvalue weighted by Crippen LogP contribution is 2.27. The maximum atomic E-state index is 12.2. The van der Waals surface area contributed by atoms with Crippen molar-refractivity contribution in [2.75, 3.05) is 19.6 Å². The number of thiophene rings is 1. The molecule has 3 nitrogen and oxygen atoms in total. The van der Waals surface area contributed by atoms with Gasteiger partial charge in [-0.2, -0.15) is 0 Å². The van der Waals surface area contributed by atoms with E-state index in [-0.39, 0.29) is 5.91 Å². The molecule has 4 heteroatoms. The summed E-state index contributed by atoms with van der Waals surface area (Å²) < 4.78 is 0. The predicted molar refractivity (Wildman–Crippen MR) is 86.6 cm³/mol. The largest absolute Gasteiger partial charge is 0.350 e. The van der Waals surface area contributed by atoms with Gasteiger partial charge in [-0.25, -0.2) is 0 Å². The van der Waals surface area contributed by atoms with Crippen LogP contribution in [0.5, 0.6) is 0 Å². The van der Waals surface area contributed by atoms with Crippen LogP contribution in [0.3, 0.4) is 0 Å². The molecule has 1 aliphatic heterocycles. The summed E-state index contributed by atoms with van der Waals surface area (Å²) in [7, 11) is 0. The molecule has 110 valence electrons. The molecule has 0 radical (unpaired) electrons. The van der Waals surface area contributed by atoms with Crippen LogP contribution in [0.15, 0.2) is 47.8 Å². The van der Waals surface area contributed by atoms with Crippen molar-refractivity contribution < 1.29 is 4.79 Å². The zero-order chi connectivity index (χ0) is 14.5. The van der Waals surface area contributed by atoms with E-state index in [2.05, 4.69) is 27.7 Å². The van der Waals surface area contributed by atoms with Crippen LogP contribution < -0.4 is 5.32 Å². The number of nitrogens with one attached hydrogen (secondary N) is 1. The van der Waals surface area contributed by atoms with Crippen molar-refractivity contribution in [3.05, 3.63) is 58.3 Å². The maximum Gasteiger partial charge on any atom is 0.251 e.